The van der Waals surface area contributed by atoms with E-state index in [1.165, 1.54) is 35.0 Å². The topological polar surface area (TPSA) is 114 Å². The largest absolute Gasteiger partial charge is 0.545 e. The first-order chi connectivity index (χ1) is 14.9. The fourth-order valence-electron chi connectivity index (χ4n) is 3.13. The summed E-state index contributed by atoms with van der Waals surface area (Å²) < 4.78 is 33.3. The summed E-state index contributed by atoms with van der Waals surface area (Å²) in [5.41, 5.74) is 1.28. The first-order valence-corrected chi connectivity index (χ1v) is 10.6. The molecule has 0 unspecified atom stereocenters. The fraction of sp³-hybridized carbons (Fsp3) is 0.0455. The summed E-state index contributed by atoms with van der Waals surface area (Å²) in [5.74, 6) is -0.787. The number of carboxylic acid groups (broad SMARTS) is 1. The molecule has 0 saturated heterocycles. The van der Waals surface area contributed by atoms with Gasteiger partial charge in [0.05, 0.1) is 29.1 Å². The van der Waals surface area contributed by atoms with Crippen LogP contribution in [-0.4, -0.2) is 36.5 Å². The number of nitrogens with zero attached hydrogens (tertiary/aromatic N) is 3. The van der Waals surface area contributed by atoms with Crippen LogP contribution in [0.2, 0.25) is 0 Å². The summed E-state index contributed by atoms with van der Waals surface area (Å²) >= 11 is 0. The lowest BCUT2D eigenvalue weighted by molar-refractivity contribution is -0.255. The Bertz CT molecular complexity index is 1360. The van der Waals surface area contributed by atoms with Gasteiger partial charge in [0.15, 0.2) is 0 Å². The lowest BCUT2D eigenvalue weighted by Crippen LogP contribution is -2.22. The predicted molar refractivity (Wildman–Crippen MR) is 110 cm³/mol. The number of carbonyl (C=O) groups excluding carboxylic acids is 1. The molecule has 0 N–H and O–H groups in total. The number of sulfone groups is 1. The zero-order chi connectivity index (χ0) is 22.0. The Balaban J connectivity index is 1.78. The predicted octanol–water partition coefficient (Wildman–Crippen LogP) is 2.14. The van der Waals surface area contributed by atoms with Gasteiger partial charge < -0.3 is 14.6 Å². The zero-order valence-electron chi connectivity index (χ0n) is 16.3. The third kappa shape index (κ3) is 3.78. The Morgan fingerprint density at radius 2 is 1.65 bits per heavy atom. The molecule has 156 valence electrons. The number of hydrogen-bond donors (Lipinski definition) is 0. The maximum Gasteiger partial charge on any atom is 0.207 e. The number of aromatic carboxylic acids is 1. The Morgan fingerprint density at radius 1 is 0.968 bits per heavy atom. The number of rotatable bonds is 6. The monoisotopic (exact) mass is 434 g/mol. The molecule has 3 aromatic carbocycles. The van der Waals surface area contributed by atoms with Crippen LogP contribution in [-0.2, 0) is 9.84 Å². The molecule has 1 aromatic heterocycles. The summed E-state index contributed by atoms with van der Waals surface area (Å²) in [5, 5.41) is 19.2. The van der Waals surface area contributed by atoms with Crippen LogP contribution >= 0.6 is 0 Å². The molecular formula is C22H16N3O5S-. The third-order valence-corrected chi connectivity index (χ3v) is 6.51. The van der Waals surface area contributed by atoms with E-state index < -0.39 is 15.8 Å². The van der Waals surface area contributed by atoms with Crippen LogP contribution in [0.15, 0.2) is 88.8 Å². The molecule has 8 nitrogen and oxygen atoms in total. The summed E-state index contributed by atoms with van der Waals surface area (Å²) in [6.07, 6.45) is 1.62. The quantitative estimate of drug-likeness (QED) is 0.457. The summed E-state index contributed by atoms with van der Waals surface area (Å²) in [6.45, 7) is 0. The van der Waals surface area contributed by atoms with Gasteiger partial charge in [-0.2, -0.15) is 0 Å². The normalized spacial score (nSPS) is 11.3. The van der Waals surface area contributed by atoms with Gasteiger partial charge in [-0.05, 0) is 35.9 Å². The number of benzene rings is 3. The number of para-hydroxylation sites is 2. The van der Waals surface area contributed by atoms with Crippen molar-refractivity contribution in [1.29, 1.82) is 0 Å². The van der Waals surface area contributed by atoms with E-state index in [0.717, 1.165) is 0 Å². The smallest absolute Gasteiger partial charge is 0.207 e. The molecular weight excluding hydrogens is 418 g/mol. The minimum Gasteiger partial charge on any atom is -0.545 e. The van der Waals surface area contributed by atoms with E-state index in [2.05, 4.69) is 10.3 Å². The number of carbonyl (C=O) groups is 1. The van der Waals surface area contributed by atoms with E-state index in [1.807, 2.05) is 12.1 Å². The molecule has 0 fully saturated rings. The van der Waals surface area contributed by atoms with Gasteiger partial charge >= 0.3 is 0 Å². The van der Waals surface area contributed by atoms with Gasteiger partial charge in [0.2, 0.25) is 9.84 Å². The summed E-state index contributed by atoms with van der Waals surface area (Å²) in [6, 6.07) is 18.5. The second-order valence-corrected chi connectivity index (χ2v) is 8.45. The van der Waals surface area contributed by atoms with Crippen molar-refractivity contribution in [1.82, 2.24) is 15.0 Å². The molecule has 0 bridgehead atoms. The maximum absolute atomic E-state index is 13.2. The van der Waals surface area contributed by atoms with E-state index in [9.17, 15) is 18.3 Å². The Morgan fingerprint density at radius 3 is 2.35 bits per heavy atom. The Labute approximate surface area is 178 Å². The van der Waals surface area contributed by atoms with Gasteiger partial charge in [-0.3, -0.25) is 0 Å². The van der Waals surface area contributed by atoms with Crippen molar-refractivity contribution in [3.63, 3.8) is 0 Å². The van der Waals surface area contributed by atoms with Crippen LogP contribution in [0.5, 0.6) is 5.75 Å². The highest BCUT2D eigenvalue weighted by Crippen LogP contribution is 2.31. The van der Waals surface area contributed by atoms with Crippen molar-refractivity contribution in [2.45, 2.75) is 9.79 Å². The highest BCUT2D eigenvalue weighted by atomic mass is 32.2. The Kier molecular flexibility index (Phi) is 5.26. The van der Waals surface area contributed by atoms with Gasteiger partial charge in [0.25, 0.3) is 0 Å². The number of ether oxygens (including phenoxy) is 1. The van der Waals surface area contributed by atoms with Crippen molar-refractivity contribution in [3.05, 3.63) is 84.6 Å². The number of carboxylic acids is 1. The highest BCUT2D eigenvalue weighted by Gasteiger charge is 2.23. The minimum atomic E-state index is -3.94. The molecule has 31 heavy (non-hydrogen) atoms. The molecule has 0 aliphatic rings. The third-order valence-electron chi connectivity index (χ3n) is 4.68. The number of hydrogen-bond acceptors (Lipinski definition) is 7. The second-order valence-electron chi connectivity index (χ2n) is 6.53. The van der Waals surface area contributed by atoms with Gasteiger partial charge in [-0.15, -0.1) is 5.10 Å². The van der Waals surface area contributed by atoms with Crippen LogP contribution in [0.4, 0.5) is 0 Å². The van der Waals surface area contributed by atoms with E-state index >= 15 is 0 Å². The molecule has 0 saturated carbocycles. The first kappa shape index (κ1) is 20.3. The van der Waals surface area contributed by atoms with E-state index in [1.54, 1.807) is 43.6 Å². The van der Waals surface area contributed by atoms with Crippen LogP contribution in [0.3, 0.4) is 0 Å². The SMILES string of the molecule is COc1ccccc1-n1cc(-c2ccccc2S(=O)(=O)c2ccc(C(=O)[O-])cc2)nn1. The second kappa shape index (κ2) is 8.04. The standard InChI is InChI=1S/C22H17N3O5S/c1-30-20-8-4-3-7-19(20)25-14-18(23-24-25)17-6-2-5-9-21(17)31(28,29)16-12-10-15(11-13-16)22(26)27/h2-14H,1H3,(H,26,27)/p-1. The van der Waals surface area contributed by atoms with Gasteiger partial charge in [0, 0.05) is 5.56 Å². The lowest BCUT2D eigenvalue weighted by Gasteiger charge is -2.10. The molecule has 0 radical (unpaired) electrons. The molecule has 1 heterocycles. The highest BCUT2D eigenvalue weighted by molar-refractivity contribution is 7.91. The first-order valence-electron chi connectivity index (χ1n) is 9.13. The molecule has 0 amide bonds. The van der Waals surface area contributed by atoms with Crippen molar-refractivity contribution in [2.24, 2.45) is 0 Å². The number of methoxy groups -OCH3 is 1. The van der Waals surface area contributed by atoms with Crippen LogP contribution in [0, 0.1) is 0 Å². The van der Waals surface area contributed by atoms with Gasteiger partial charge in [-0.1, -0.05) is 47.7 Å². The molecule has 0 aliphatic carbocycles. The minimum absolute atomic E-state index is 0.0308. The maximum atomic E-state index is 13.2. The molecule has 0 atom stereocenters. The molecule has 4 aromatic rings. The van der Waals surface area contributed by atoms with Crippen LogP contribution in [0.1, 0.15) is 10.4 Å². The average Bonchev–Trinajstić information content (AvgIpc) is 3.29. The van der Waals surface area contributed by atoms with E-state index in [0.29, 0.717) is 22.7 Å². The van der Waals surface area contributed by atoms with Gasteiger partial charge in [-0.25, -0.2) is 13.1 Å². The van der Waals surface area contributed by atoms with Crippen molar-refractivity contribution in [3.8, 4) is 22.7 Å². The zero-order valence-corrected chi connectivity index (χ0v) is 17.1. The molecule has 0 aliphatic heterocycles. The van der Waals surface area contributed by atoms with Gasteiger partial charge in [0.1, 0.15) is 17.1 Å². The van der Waals surface area contributed by atoms with Crippen molar-refractivity contribution in [2.75, 3.05) is 7.11 Å². The van der Waals surface area contributed by atoms with Crippen LogP contribution in [0.25, 0.3) is 16.9 Å². The molecule has 0 spiro atoms. The summed E-state index contributed by atoms with van der Waals surface area (Å²) in [7, 11) is -2.40. The number of aromatic nitrogens is 3. The summed E-state index contributed by atoms with van der Waals surface area (Å²) in [4.78, 5) is 10.9. The van der Waals surface area contributed by atoms with Crippen molar-refractivity contribution >= 4 is 15.8 Å². The average molecular weight is 434 g/mol. The molecule has 9 heteroatoms. The van der Waals surface area contributed by atoms with Crippen LogP contribution < -0.4 is 9.84 Å². The van der Waals surface area contributed by atoms with E-state index in [-0.39, 0.29) is 15.4 Å². The fourth-order valence-corrected chi connectivity index (χ4v) is 4.60. The lowest BCUT2D eigenvalue weighted by atomic mass is 10.2. The molecule has 4 rings (SSSR count). The van der Waals surface area contributed by atoms with Crippen molar-refractivity contribution < 1.29 is 23.1 Å². The Hall–Kier alpha value is -3.98. The van der Waals surface area contributed by atoms with E-state index in [4.69, 9.17) is 4.74 Å².